The first-order valence-corrected chi connectivity index (χ1v) is 6.90. The summed E-state index contributed by atoms with van der Waals surface area (Å²) in [7, 11) is 1.34. The van der Waals surface area contributed by atoms with Crippen molar-refractivity contribution in [1.82, 2.24) is 9.80 Å². The van der Waals surface area contributed by atoms with Crippen molar-refractivity contribution >= 4 is 18.0 Å². The van der Waals surface area contributed by atoms with Gasteiger partial charge in [-0.25, -0.2) is 9.59 Å². The highest BCUT2D eigenvalue weighted by Gasteiger charge is 2.38. The second-order valence-corrected chi connectivity index (χ2v) is 5.28. The molecule has 2 aliphatic heterocycles. The molecule has 0 aromatic carbocycles. The highest BCUT2D eigenvalue weighted by atomic mass is 16.5. The first kappa shape index (κ1) is 14.6. The van der Waals surface area contributed by atoms with Crippen LogP contribution in [0.15, 0.2) is 0 Å². The summed E-state index contributed by atoms with van der Waals surface area (Å²) in [6.45, 7) is 1.35. The van der Waals surface area contributed by atoms with Gasteiger partial charge in [-0.3, -0.25) is 4.79 Å². The van der Waals surface area contributed by atoms with Gasteiger partial charge in [0.15, 0.2) is 0 Å². The lowest BCUT2D eigenvalue weighted by Gasteiger charge is -2.35. The first-order valence-electron chi connectivity index (χ1n) is 6.90. The van der Waals surface area contributed by atoms with E-state index in [-0.39, 0.29) is 17.9 Å². The number of carboxylic acid groups (broad SMARTS) is 1. The molecule has 2 saturated heterocycles. The van der Waals surface area contributed by atoms with Gasteiger partial charge in [-0.2, -0.15) is 0 Å². The predicted molar refractivity (Wildman–Crippen MR) is 69.1 cm³/mol. The lowest BCUT2D eigenvalue weighted by molar-refractivity contribution is -0.147. The molecule has 7 heteroatoms. The summed E-state index contributed by atoms with van der Waals surface area (Å²) in [5.74, 6) is -1.57. The molecule has 2 amide bonds. The maximum absolute atomic E-state index is 12.4. The van der Waals surface area contributed by atoms with Gasteiger partial charge in [-0.05, 0) is 25.7 Å². The van der Waals surface area contributed by atoms with E-state index in [1.54, 1.807) is 4.90 Å². The normalized spacial score (nSPS) is 26.4. The minimum absolute atomic E-state index is 0.275. The summed E-state index contributed by atoms with van der Waals surface area (Å²) in [6.07, 6.45) is 2.64. The quantitative estimate of drug-likeness (QED) is 0.748. The molecular weight excluding hydrogens is 264 g/mol. The van der Waals surface area contributed by atoms with E-state index in [4.69, 9.17) is 9.84 Å². The summed E-state index contributed by atoms with van der Waals surface area (Å²) >= 11 is 0. The van der Waals surface area contributed by atoms with E-state index < -0.39 is 12.0 Å². The number of carbonyl (C=O) groups excluding carboxylic acids is 2. The SMILES string of the molecule is COC(=O)C1CCCN(C(=O)N2CCC[C@@H]2C(=O)O)C1. The fourth-order valence-corrected chi connectivity index (χ4v) is 2.94. The molecule has 1 unspecified atom stereocenters. The first-order chi connectivity index (χ1) is 9.54. The zero-order valence-corrected chi connectivity index (χ0v) is 11.6. The third-order valence-electron chi connectivity index (χ3n) is 4.01. The topological polar surface area (TPSA) is 87.2 Å². The van der Waals surface area contributed by atoms with Gasteiger partial charge in [0.1, 0.15) is 6.04 Å². The van der Waals surface area contributed by atoms with Crippen LogP contribution >= 0.6 is 0 Å². The number of rotatable bonds is 2. The molecule has 2 fully saturated rings. The predicted octanol–water partition coefficient (Wildman–Crippen LogP) is 0.540. The van der Waals surface area contributed by atoms with Gasteiger partial charge in [0.05, 0.1) is 13.0 Å². The maximum atomic E-state index is 12.4. The van der Waals surface area contributed by atoms with Gasteiger partial charge in [-0.15, -0.1) is 0 Å². The molecule has 2 aliphatic rings. The number of piperidine rings is 1. The number of methoxy groups -OCH3 is 1. The summed E-state index contributed by atoms with van der Waals surface area (Å²) in [5, 5.41) is 9.12. The van der Waals surface area contributed by atoms with E-state index in [0.717, 1.165) is 6.42 Å². The lowest BCUT2D eigenvalue weighted by Crippen LogP contribution is -2.51. The second-order valence-electron chi connectivity index (χ2n) is 5.28. The fourth-order valence-electron chi connectivity index (χ4n) is 2.94. The molecule has 0 radical (unpaired) electrons. The lowest BCUT2D eigenvalue weighted by atomic mass is 9.98. The number of hydrogen-bond acceptors (Lipinski definition) is 4. The molecule has 2 rings (SSSR count). The molecule has 0 aliphatic carbocycles. The Kier molecular flexibility index (Phi) is 4.46. The second kappa shape index (κ2) is 6.11. The molecule has 1 N–H and O–H groups in total. The smallest absolute Gasteiger partial charge is 0.326 e. The summed E-state index contributed by atoms with van der Waals surface area (Å²) in [6, 6.07) is -1.01. The Labute approximate surface area is 117 Å². The Hall–Kier alpha value is -1.79. The van der Waals surface area contributed by atoms with Crippen molar-refractivity contribution in [3.05, 3.63) is 0 Å². The third-order valence-corrected chi connectivity index (χ3v) is 4.01. The van der Waals surface area contributed by atoms with Crippen LogP contribution in [-0.4, -0.2) is 65.7 Å². The average molecular weight is 284 g/mol. The molecule has 0 spiro atoms. The largest absolute Gasteiger partial charge is 0.480 e. The molecule has 2 atom stereocenters. The Bertz CT molecular complexity index is 412. The Morgan fingerprint density at radius 1 is 1.15 bits per heavy atom. The molecule has 0 saturated carbocycles. The molecule has 0 aromatic rings. The van der Waals surface area contributed by atoms with E-state index in [0.29, 0.717) is 38.9 Å². The molecular formula is C13H20N2O5. The van der Waals surface area contributed by atoms with Crippen molar-refractivity contribution in [3.8, 4) is 0 Å². The zero-order chi connectivity index (χ0) is 14.7. The van der Waals surface area contributed by atoms with Gasteiger partial charge < -0.3 is 19.6 Å². The van der Waals surface area contributed by atoms with Crippen molar-refractivity contribution in [1.29, 1.82) is 0 Å². The van der Waals surface area contributed by atoms with Crippen molar-refractivity contribution < 1.29 is 24.2 Å². The van der Waals surface area contributed by atoms with Gasteiger partial charge in [0.2, 0.25) is 0 Å². The summed E-state index contributed by atoms with van der Waals surface area (Å²) in [5.41, 5.74) is 0. The highest BCUT2D eigenvalue weighted by molar-refractivity contribution is 5.84. The maximum Gasteiger partial charge on any atom is 0.326 e. The van der Waals surface area contributed by atoms with Crippen LogP contribution in [0.25, 0.3) is 0 Å². The number of nitrogens with zero attached hydrogens (tertiary/aromatic N) is 2. The van der Waals surface area contributed by atoms with Crippen molar-refractivity contribution in [3.63, 3.8) is 0 Å². The number of carbonyl (C=O) groups is 3. The molecule has 20 heavy (non-hydrogen) atoms. The van der Waals surface area contributed by atoms with Crippen LogP contribution in [0.1, 0.15) is 25.7 Å². The number of amides is 2. The number of likely N-dealkylation sites (tertiary alicyclic amines) is 2. The number of ether oxygens (including phenoxy) is 1. The average Bonchev–Trinajstić information content (AvgIpc) is 2.95. The minimum Gasteiger partial charge on any atom is -0.480 e. The number of urea groups is 1. The van der Waals surface area contributed by atoms with Crippen LogP contribution in [0.3, 0.4) is 0 Å². The van der Waals surface area contributed by atoms with Crippen LogP contribution in [0, 0.1) is 5.92 Å². The van der Waals surface area contributed by atoms with Crippen LogP contribution in [0.4, 0.5) is 4.79 Å². The number of carboxylic acids is 1. The van der Waals surface area contributed by atoms with Crippen LogP contribution < -0.4 is 0 Å². The Morgan fingerprint density at radius 3 is 2.50 bits per heavy atom. The number of aliphatic carboxylic acids is 1. The fraction of sp³-hybridized carbons (Fsp3) is 0.769. The van der Waals surface area contributed by atoms with Crippen molar-refractivity contribution in [2.45, 2.75) is 31.7 Å². The zero-order valence-electron chi connectivity index (χ0n) is 11.6. The van der Waals surface area contributed by atoms with Gasteiger partial charge in [0.25, 0.3) is 0 Å². The van der Waals surface area contributed by atoms with E-state index in [2.05, 4.69) is 0 Å². The van der Waals surface area contributed by atoms with Gasteiger partial charge in [0, 0.05) is 19.6 Å². The number of esters is 1. The molecule has 7 nitrogen and oxygen atoms in total. The molecule has 2 heterocycles. The van der Waals surface area contributed by atoms with Crippen LogP contribution in [-0.2, 0) is 14.3 Å². The van der Waals surface area contributed by atoms with E-state index in [1.165, 1.54) is 12.0 Å². The molecule has 0 bridgehead atoms. The summed E-state index contributed by atoms with van der Waals surface area (Å²) in [4.78, 5) is 38.1. The Balaban J connectivity index is 2.01. The highest BCUT2D eigenvalue weighted by Crippen LogP contribution is 2.23. The van der Waals surface area contributed by atoms with Crippen molar-refractivity contribution in [2.24, 2.45) is 5.92 Å². The Morgan fingerprint density at radius 2 is 1.85 bits per heavy atom. The minimum atomic E-state index is -0.961. The van der Waals surface area contributed by atoms with Crippen LogP contribution in [0.2, 0.25) is 0 Å². The molecule has 0 aromatic heterocycles. The van der Waals surface area contributed by atoms with Gasteiger partial charge >= 0.3 is 18.0 Å². The van der Waals surface area contributed by atoms with E-state index >= 15 is 0 Å². The third kappa shape index (κ3) is 2.86. The van der Waals surface area contributed by atoms with E-state index in [9.17, 15) is 14.4 Å². The molecule has 112 valence electrons. The van der Waals surface area contributed by atoms with Crippen LogP contribution in [0.5, 0.6) is 0 Å². The van der Waals surface area contributed by atoms with E-state index in [1.807, 2.05) is 0 Å². The van der Waals surface area contributed by atoms with Gasteiger partial charge in [-0.1, -0.05) is 0 Å². The summed E-state index contributed by atoms with van der Waals surface area (Å²) < 4.78 is 4.72. The number of hydrogen-bond donors (Lipinski definition) is 1. The monoisotopic (exact) mass is 284 g/mol. The van der Waals surface area contributed by atoms with Crippen molar-refractivity contribution in [2.75, 3.05) is 26.7 Å². The standard InChI is InChI=1S/C13H20N2O5/c1-20-12(18)9-4-2-6-14(8-9)13(19)15-7-3-5-10(15)11(16)17/h9-10H,2-8H2,1H3,(H,16,17)/t9?,10-/m1/s1.